The van der Waals surface area contributed by atoms with Crippen molar-refractivity contribution in [2.24, 2.45) is 0 Å². The number of anilines is 2. The van der Waals surface area contributed by atoms with Crippen molar-refractivity contribution in [2.45, 2.75) is 38.1 Å². The highest BCUT2D eigenvalue weighted by atomic mass is 16.1. The summed E-state index contributed by atoms with van der Waals surface area (Å²) in [7, 11) is 1.78. The molecule has 1 atom stereocenters. The average Bonchev–Trinajstić information content (AvgIpc) is 2.99. The van der Waals surface area contributed by atoms with E-state index in [4.69, 9.17) is 5.41 Å². The molecule has 4 N–H and O–H groups in total. The molecule has 1 aromatic heterocycles. The van der Waals surface area contributed by atoms with E-state index in [1.165, 1.54) is 25.7 Å². The Bertz CT molecular complexity index is 618. The Morgan fingerprint density at radius 1 is 1.28 bits per heavy atom. The summed E-state index contributed by atoms with van der Waals surface area (Å²) in [6.45, 7) is 3.71. The van der Waals surface area contributed by atoms with Crippen LogP contribution in [-0.4, -0.2) is 55.9 Å². The van der Waals surface area contributed by atoms with Crippen molar-refractivity contribution in [3.05, 3.63) is 17.7 Å². The summed E-state index contributed by atoms with van der Waals surface area (Å²) in [4.78, 5) is 19.3. The first-order chi connectivity index (χ1) is 12.2. The topological polar surface area (TPSA) is 93.1 Å². The van der Waals surface area contributed by atoms with E-state index in [1.54, 1.807) is 7.05 Å². The molecule has 25 heavy (non-hydrogen) atoms. The molecule has 0 radical (unpaired) electrons. The number of pyridine rings is 1. The summed E-state index contributed by atoms with van der Waals surface area (Å²) < 4.78 is 0. The van der Waals surface area contributed by atoms with Gasteiger partial charge >= 0.3 is 0 Å². The van der Waals surface area contributed by atoms with Gasteiger partial charge in [-0.3, -0.25) is 10.2 Å². The molecule has 1 unspecified atom stereocenters. The van der Waals surface area contributed by atoms with Crippen LogP contribution in [0.15, 0.2) is 12.1 Å². The molecular formula is C18H28N6O. The SMILES string of the molecule is CNc1nc(N2CCCCCC2)ccc1C(=N)C(=O)NC1CCNC1. The van der Waals surface area contributed by atoms with E-state index in [0.29, 0.717) is 11.4 Å². The molecule has 136 valence electrons. The van der Waals surface area contributed by atoms with E-state index in [9.17, 15) is 4.79 Å². The number of amides is 1. The molecule has 2 aliphatic heterocycles. The van der Waals surface area contributed by atoms with E-state index < -0.39 is 0 Å². The van der Waals surface area contributed by atoms with Crippen molar-refractivity contribution in [1.29, 1.82) is 5.41 Å². The van der Waals surface area contributed by atoms with Gasteiger partial charge in [0.2, 0.25) is 0 Å². The Kier molecular flexibility index (Phi) is 5.86. The standard InChI is InChI=1S/C18H28N6O/c1-20-17-14(16(19)18(25)22-13-8-9-21-12-13)6-7-15(23-17)24-10-4-2-3-5-11-24/h6-7,13,19,21H,2-5,8-12H2,1H3,(H,20,23)(H,22,25). The van der Waals surface area contributed by atoms with Crippen molar-refractivity contribution >= 4 is 23.3 Å². The normalized spacial score (nSPS) is 20.8. The van der Waals surface area contributed by atoms with Crippen LogP contribution < -0.4 is 20.9 Å². The third-order valence-electron chi connectivity index (χ3n) is 4.94. The molecule has 0 aromatic carbocycles. The third kappa shape index (κ3) is 4.28. The van der Waals surface area contributed by atoms with Gasteiger partial charge in [-0.25, -0.2) is 4.98 Å². The Balaban J connectivity index is 1.74. The lowest BCUT2D eigenvalue weighted by atomic mass is 10.1. The van der Waals surface area contributed by atoms with E-state index in [1.807, 2.05) is 12.1 Å². The number of hydrogen-bond acceptors (Lipinski definition) is 6. The third-order valence-corrected chi connectivity index (χ3v) is 4.94. The zero-order valence-electron chi connectivity index (χ0n) is 14.9. The molecule has 3 rings (SSSR count). The zero-order valence-corrected chi connectivity index (χ0v) is 14.9. The highest BCUT2D eigenvalue weighted by Gasteiger charge is 2.22. The van der Waals surface area contributed by atoms with Gasteiger partial charge < -0.3 is 20.9 Å². The minimum atomic E-state index is -0.338. The lowest BCUT2D eigenvalue weighted by molar-refractivity contribution is -0.115. The number of carbonyl (C=O) groups is 1. The van der Waals surface area contributed by atoms with Crippen LogP contribution in [-0.2, 0) is 4.79 Å². The predicted octanol–water partition coefficient (Wildman–Crippen LogP) is 1.35. The van der Waals surface area contributed by atoms with Gasteiger partial charge in [-0.2, -0.15) is 0 Å². The second kappa shape index (κ2) is 8.29. The van der Waals surface area contributed by atoms with Crippen LogP contribution in [0.3, 0.4) is 0 Å². The molecule has 1 aromatic rings. The van der Waals surface area contributed by atoms with E-state index in [0.717, 1.165) is 38.4 Å². The highest BCUT2D eigenvalue weighted by molar-refractivity contribution is 6.45. The average molecular weight is 344 g/mol. The fourth-order valence-electron chi connectivity index (χ4n) is 3.47. The van der Waals surface area contributed by atoms with Crippen LogP contribution in [0.1, 0.15) is 37.7 Å². The Hall–Kier alpha value is -2.15. The number of hydrogen-bond donors (Lipinski definition) is 4. The second-order valence-corrected chi connectivity index (χ2v) is 6.76. The lowest BCUT2D eigenvalue weighted by Gasteiger charge is -2.23. The van der Waals surface area contributed by atoms with Crippen molar-refractivity contribution in [2.75, 3.05) is 43.4 Å². The molecule has 2 aliphatic rings. The summed E-state index contributed by atoms with van der Waals surface area (Å²) >= 11 is 0. The van der Waals surface area contributed by atoms with Crippen molar-refractivity contribution in [3.63, 3.8) is 0 Å². The van der Waals surface area contributed by atoms with Crippen LogP contribution in [0.25, 0.3) is 0 Å². The first kappa shape index (κ1) is 17.7. The smallest absolute Gasteiger partial charge is 0.270 e. The van der Waals surface area contributed by atoms with Crippen LogP contribution in [0.5, 0.6) is 0 Å². The number of nitrogens with one attached hydrogen (secondary N) is 4. The quantitative estimate of drug-likeness (QED) is 0.605. The molecule has 0 aliphatic carbocycles. The maximum atomic E-state index is 12.4. The van der Waals surface area contributed by atoms with Crippen LogP contribution >= 0.6 is 0 Å². The number of carbonyl (C=O) groups excluding carboxylic acids is 1. The predicted molar refractivity (Wildman–Crippen MR) is 101 cm³/mol. The maximum Gasteiger partial charge on any atom is 0.270 e. The number of aromatic nitrogens is 1. The molecule has 0 bridgehead atoms. The second-order valence-electron chi connectivity index (χ2n) is 6.76. The number of rotatable bonds is 5. The fourth-order valence-corrected chi connectivity index (χ4v) is 3.47. The Labute approximate surface area is 149 Å². The van der Waals surface area contributed by atoms with Crippen molar-refractivity contribution in [1.82, 2.24) is 15.6 Å². The zero-order chi connectivity index (χ0) is 17.6. The number of nitrogens with zero attached hydrogens (tertiary/aromatic N) is 2. The van der Waals surface area contributed by atoms with E-state index >= 15 is 0 Å². The summed E-state index contributed by atoms with van der Waals surface area (Å²) in [5.74, 6) is 1.17. The summed E-state index contributed by atoms with van der Waals surface area (Å²) in [5.41, 5.74) is 0.510. The van der Waals surface area contributed by atoms with E-state index in [2.05, 4.69) is 25.8 Å². The van der Waals surface area contributed by atoms with E-state index in [-0.39, 0.29) is 17.7 Å². The van der Waals surface area contributed by atoms with Crippen molar-refractivity contribution < 1.29 is 4.79 Å². The van der Waals surface area contributed by atoms with Crippen LogP contribution in [0.4, 0.5) is 11.6 Å². The molecule has 0 spiro atoms. The van der Waals surface area contributed by atoms with Crippen LogP contribution in [0, 0.1) is 5.41 Å². The Morgan fingerprint density at radius 2 is 2.04 bits per heavy atom. The van der Waals surface area contributed by atoms with Crippen LogP contribution in [0.2, 0.25) is 0 Å². The van der Waals surface area contributed by atoms with Gasteiger partial charge in [-0.1, -0.05) is 12.8 Å². The van der Waals surface area contributed by atoms with Gasteiger partial charge in [0.25, 0.3) is 5.91 Å². The Morgan fingerprint density at radius 3 is 2.68 bits per heavy atom. The molecule has 3 heterocycles. The molecular weight excluding hydrogens is 316 g/mol. The van der Waals surface area contributed by atoms with Crippen molar-refractivity contribution in [3.8, 4) is 0 Å². The molecule has 0 saturated carbocycles. The molecule has 7 nitrogen and oxygen atoms in total. The van der Waals surface area contributed by atoms with Gasteiger partial charge in [-0.15, -0.1) is 0 Å². The molecule has 1 amide bonds. The largest absolute Gasteiger partial charge is 0.373 e. The fraction of sp³-hybridized carbons (Fsp3) is 0.611. The van der Waals surface area contributed by atoms with Gasteiger partial charge in [0.1, 0.15) is 17.3 Å². The van der Waals surface area contributed by atoms with Gasteiger partial charge in [0.15, 0.2) is 0 Å². The first-order valence-corrected chi connectivity index (χ1v) is 9.23. The molecule has 2 fully saturated rings. The summed E-state index contributed by atoms with van der Waals surface area (Å²) in [6.07, 6.45) is 5.82. The van der Waals surface area contributed by atoms with Gasteiger partial charge in [-0.05, 0) is 37.9 Å². The van der Waals surface area contributed by atoms with Gasteiger partial charge in [0, 0.05) is 38.3 Å². The maximum absolute atomic E-state index is 12.4. The summed E-state index contributed by atoms with van der Waals surface area (Å²) in [5, 5.41) is 17.5. The molecule has 7 heteroatoms. The van der Waals surface area contributed by atoms with Gasteiger partial charge in [0.05, 0.1) is 0 Å². The molecule has 2 saturated heterocycles. The monoisotopic (exact) mass is 344 g/mol. The minimum Gasteiger partial charge on any atom is -0.373 e. The lowest BCUT2D eigenvalue weighted by Crippen LogP contribution is -2.40. The summed E-state index contributed by atoms with van der Waals surface area (Å²) in [6, 6.07) is 3.88. The minimum absolute atomic E-state index is 0.0360. The highest BCUT2D eigenvalue weighted by Crippen LogP contribution is 2.22. The first-order valence-electron chi connectivity index (χ1n) is 9.23.